The Labute approximate surface area is 81.6 Å². The minimum Gasteiger partial charge on any atom is -0.449 e. The fourth-order valence-electron chi connectivity index (χ4n) is 1.35. The fraction of sp³-hybridized carbons (Fsp3) is 0.556. The molecule has 0 radical (unpaired) electrons. The predicted octanol–water partition coefficient (Wildman–Crippen LogP) is 0.904. The first kappa shape index (κ1) is 9.21. The minimum absolute atomic E-state index is 0.350. The topological polar surface area (TPSA) is 53.4 Å². The molecule has 1 fully saturated rings. The van der Waals surface area contributed by atoms with E-state index in [1.807, 2.05) is 0 Å². The van der Waals surface area contributed by atoms with Gasteiger partial charge < -0.3 is 9.47 Å². The third-order valence-corrected chi connectivity index (χ3v) is 2.18. The van der Waals surface area contributed by atoms with Crippen LogP contribution in [0.3, 0.4) is 0 Å². The Bertz CT molecular complexity index is 291. The molecule has 1 saturated heterocycles. The van der Waals surface area contributed by atoms with E-state index in [-0.39, 0.29) is 6.09 Å². The van der Waals surface area contributed by atoms with E-state index in [0.717, 1.165) is 13.0 Å². The SMILES string of the molecule is O=C(OC[C@@H]1CCOC1)n1ccnc1. The molecule has 5 heteroatoms. The van der Waals surface area contributed by atoms with Gasteiger partial charge in [-0.15, -0.1) is 0 Å². The molecular weight excluding hydrogens is 184 g/mol. The first-order valence-electron chi connectivity index (χ1n) is 4.59. The third-order valence-electron chi connectivity index (χ3n) is 2.18. The molecule has 5 nitrogen and oxygen atoms in total. The lowest BCUT2D eigenvalue weighted by Gasteiger charge is -2.08. The van der Waals surface area contributed by atoms with Crippen molar-refractivity contribution < 1.29 is 14.3 Å². The van der Waals surface area contributed by atoms with E-state index in [1.165, 1.54) is 10.9 Å². The van der Waals surface area contributed by atoms with Crippen LogP contribution in [0, 0.1) is 5.92 Å². The summed E-state index contributed by atoms with van der Waals surface area (Å²) in [5, 5.41) is 0. The van der Waals surface area contributed by atoms with Crippen LogP contribution in [0.15, 0.2) is 18.7 Å². The van der Waals surface area contributed by atoms with Crippen molar-refractivity contribution in [2.24, 2.45) is 5.92 Å². The molecule has 0 aromatic carbocycles. The van der Waals surface area contributed by atoms with Crippen molar-refractivity contribution in [3.8, 4) is 0 Å². The maximum atomic E-state index is 11.3. The standard InChI is InChI=1S/C9H12N2O3/c12-9(11-3-2-10-7-11)14-6-8-1-4-13-5-8/h2-3,7-8H,1,4-6H2/t8-/m1/s1. The van der Waals surface area contributed by atoms with Crippen molar-refractivity contribution in [3.63, 3.8) is 0 Å². The van der Waals surface area contributed by atoms with E-state index in [0.29, 0.717) is 19.1 Å². The molecule has 0 amide bonds. The summed E-state index contributed by atoms with van der Waals surface area (Å²) in [5.41, 5.74) is 0. The minimum atomic E-state index is -0.380. The Morgan fingerprint density at radius 2 is 2.64 bits per heavy atom. The second-order valence-corrected chi connectivity index (χ2v) is 3.28. The van der Waals surface area contributed by atoms with Crippen LogP contribution in [-0.4, -0.2) is 35.5 Å². The van der Waals surface area contributed by atoms with Gasteiger partial charge in [0.25, 0.3) is 0 Å². The third kappa shape index (κ3) is 2.11. The van der Waals surface area contributed by atoms with Crippen LogP contribution < -0.4 is 0 Å². The van der Waals surface area contributed by atoms with Crippen LogP contribution in [-0.2, 0) is 9.47 Å². The Hall–Kier alpha value is -1.36. The highest BCUT2D eigenvalue weighted by Crippen LogP contribution is 2.12. The number of hydrogen-bond acceptors (Lipinski definition) is 4. The number of rotatable bonds is 2. The summed E-state index contributed by atoms with van der Waals surface area (Å²) >= 11 is 0. The van der Waals surface area contributed by atoms with Crippen molar-refractivity contribution in [1.29, 1.82) is 0 Å². The van der Waals surface area contributed by atoms with Gasteiger partial charge in [-0.05, 0) is 6.42 Å². The quantitative estimate of drug-likeness (QED) is 0.705. The zero-order valence-electron chi connectivity index (χ0n) is 7.76. The highest BCUT2D eigenvalue weighted by Gasteiger charge is 2.17. The Kier molecular flexibility index (Phi) is 2.78. The predicted molar refractivity (Wildman–Crippen MR) is 47.9 cm³/mol. The summed E-state index contributed by atoms with van der Waals surface area (Å²) in [6.07, 6.45) is 5.12. The average molecular weight is 196 g/mol. The Morgan fingerprint density at radius 1 is 1.71 bits per heavy atom. The van der Waals surface area contributed by atoms with Gasteiger partial charge in [-0.1, -0.05) is 0 Å². The van der Waals surface area contributed by atoms with Crippen molar-refractivity contribution in [3.05, 3.63) is 18.7 Å². The summed E-state index contributed by atoms with van der Waals surface area (Å²) in [6, 6.07) is 0. The largest absolute Gasteiger partial charge is 0.449 e. The molecule has 1 atom stereocenters. The van der Waals surface area contributed by atoms with Crippen molar-refractivity contribution in [2.45, 2.75) is 6.42 Å². The molecule has 76 valence electrons. The molecule has 0 bridgehead atoms. The zero-order chi connectivity index (χ0) is 9.80. The van der Waals surface area contributed by atoms with Crippen LogP contribution in [0.2, 0.25) is 0 Å². The summed E-state index contributed by atoms with van der Waals surface area (Å²) in [5.74, 6) is 0.350. The molecule has 2 rings (SSSR count). The van der Waals surface area contributed by atoms with Gasteiger partial charge in [-0.3, -0.25) is 0 Å². The smallest absolute Gasteiger partial charge is 0.419 e. The second-order valence-electron chi connectivity index (χ2n) is 3.28. The van der Waals surface area contributed by atoms with Gasteiger partial charge in [-0.25, -0.2) is 14.3 Å². The fourth-order valence-corrected chi connectivity index (χ4v) is 1.35. The second kappa shape index (κ2) is 4.23. The molecule has 1 aromatic rings. The van der Waals surface area contributed by atoms with Crippen LogP contribution in [0.5, 0.6) is 0 Å². The highest BCUT2D eigenvalue weighted by molar-refractivity contribution is 5.69. The highest BCUT2D eigenvalue weighted by atomic mass is 16.6. The van der Waals surface area contributed by atoms with Gasteiger partial charge in [0.1, 0.15) is 6.33 Å². The maximum Gasteiger partial charge on any atom is 0.419 e. The summed E-state index contributed by atoms with van der Waals surface area (Å²) < 4.78 is 11.6. The number of ether oxygens (including phenoxy) is 2. The Morgan fingerprint density at radius 3 is 3.29 bits per heavy atom. The number of hydrogen-bond donors (Lipinski definition) is 0. The van der Waals surface area contributed by atoms with Gasteiger partial charge in [-0.2, -0.15) is 0 Å². The molecule has 0 unspecified atom stereocenters. The molecule has 1 aromatic heterocycles. The van der Waals surface area contributed by atoms with Crippen molar-refractivity contribution in [1.82, 2.24) is 9.55 Å². The molecule has 0 spiro atoms. The van der Waals surface area contributed by atoms with E-state index < -0.39 is 0 Å². The van der Waals surface area contributed by atoms with Gasteiger partial charge in [0.2, 0.25) is 0 Å². The van der Waals surface area contributed by atoms with E-state index in [4.69, 9.17) is 9.47 Å². The summed E-state index contributed by atoms with van der Waals surface area (Å²) in [4.78, 5) is 15.1. The molecule has 0 saturated carbocycles. The molecular formula is C9H12N2O3. The lowest BCUT2D eigenvalue weighted by Crippen LogP contribution is -2.17. The van der Waals surface area contributed by atoms with Gasteiger partial charge in [0.15, 0.2) is 0 Å². The van der Waals surface area contributed by atoms with Crippen molar-refractivity contribution >= 4 is 6.09 Å². The molecule has 1 aliphatic heterocycles. The normalized spacial score (nSPS) is 21.0. The average Bonchev–Trinajstić information content (AvgIpc) is 2.87. The van der Waals surface area contributed by atoms with E-state index in [9.17, 15) is 4.79 Å². The maximum absolute atomic E-state index is 11.3. The van der Waals surface area contributed by atoms with Crippen LogP contribution >= 0.6 is 0 Å². The van der Waals surface area contributed by atoms with Crippen LogP contribution in [0.25, 0.3) is 0 Å². The number of carbonyl (C=O) groups is 1. The summed E-state index contributed by atoms with van der Waals surface area (Å²) in [7, 11) is 0. The van der Waals surface area contributed by atoms with Gasteiger partial charge >= 0.3 is 6.09 Å². The van der Waals surface area contributed by atoms with Gasteiger partial charge in [0, 0.05) is 24.9 Å². The van der Waals surface area contributed by atoms with E-state index in [2.05, 4.69) is 4.98 Å². The first-order valence-corrected chi connectivity index (χ1v) is 4.59. The number of imidazole rings is 1. The number of nitrogens with zero attached hydrogens (tertiary/aromatic N) is 2. The number of aromatic nitrogens is 2. The van der Waals surface area contributed by atoms with Gasteiger partial charge in [0.05, 0.1) is 13.2 Å². The molecule has 0 aliphatic carbocycles. The lowest BCUT2D eigenvalue weighted by molar-refractivity contribution is 0.118. The molecule has 1 aliphatic rings. The molecule has 0 N–H and O–H groups in total. The van der Waals surface area contributed by atoms with E-state index >= 15 is 0 Å². The molecule has 14 heavy (non-hydrogen) atoms. The van der Waals surface area contributed by atoms with Crippen LogP contribution in [0.1, 0.15) is 6.42 Å². The van der Waals surface area contributed by atoms with Crippen LogP contribution in [0.4, 0.5) is 4.79 Å². The van der Waals surface area contributed by atoms with E-state index in [1.54, 1.807) is 12.4 Å². The van der Waals surface area contributed by atoms with Crippen molar-refractivity contribution in [2.75, 3.05) is 19.8 Å². The number of carbonyl (C=O) groups excluding carboxylic acids is 1. The first-order chi connectivity index (χ1) is 6.86. The monoisotopic (exact) mass is 196 g/mol. The Balaban J connectivity index is 1.78. The summed E-state index contributed by atoms with van der Waals surface area (Å²) in [6.45, 7) is 1.89. The lowest BCUT2D eigenvalue weighted by atomic mass is 10.1. The zero-order valence-corrected chi connectivity index (χ0v) is 7.76. The molecule has 2 heterocycles.